The molecule has 3 aromatic rings. The average Bonchev–Trinajstić information content (AvgIpc) is 3.02. The van der Waals surface area contributed by atoms with Crippen molar-refractivity contribution in [3.63, 3.8) is 0 Å². The lowest BCUT2D eigenvalue weighted by atomic mass is 10.1. The summed E-state index contributed by atoms with van der Waals surface area (Å²) in [4.78, 5) is 51.1. The van der Waals surface area contributed by atoms with Gasteiger partial charge in [-0.3, -0.25) is 14.4 Å². The number of rotatable bonds is 5. The van der Waals surface area contributed by atoms with Crippen molar-refractivity contribution in [1.82, 2.24) is 0 Å². The molecule has 0 aliphatic carbocycles. The molecule has 0 atom stereocenters. The van der Waals surface area contributed by atoms with Crippen LogP contribution in [0.15, 0.2) is 72.8 Å². The number of benzene rings is 3. The van der Waals surface area contributed by atoms with E-state index in [4.69, 9.17) is 4.74 Å². The van der Waals surface area contributed by atoms with Crippen molar-refractivity contribution in [2.75, 3.05) is 11.5 Å². The number of esters is 1. The van der Waals surface area contributed by atoms with Crippen molar-refractivity contribution in [3.05, 3.63) is 101 Å². The van der Waals surface area contributed by atoms with Gasteiger partial charge in [0, 0.05) is 5.56 Å². The highest BCUT2D eigenvalue weighted by atomic mass is 16.5. The van der Waals surface area contributed by atoms with Crippen molar-refractivity contribution in [3.8, 4) is 0 Å². The second kappa shape index (κ2) is 7.75. The number of ether oxygens (including phenoxy) is 1. The summed E-state index contributed by atoms with van der Waals surface area (Å²) < 4.78 is 5.09. The van der Waals surface area contributed by atoms with Crippen LogP contribution in [-0.4, -0.2) is 30.2 Å². The number of Topliss-reactive ketones (excluding diaryl/α,β-unsaturated/α-hetero) is 1. The summed E-state index contributed by atoms with van der Waals surface area (Å²) in [6.07, 6.45) is 0. The first kappa shape index (κ1) is 19.3. The number of nitrogens with zero attached hydrogens (tertiary/aromatic N) is 1. The van der Waals surface area contributed by atoms with Gasteiger partial charge in [0.2, 0.25) is 0 Å². The van der Waals surface area contributed by atoms with E-state index in [1.165, 1.54) is 18.2 Å². The lowest BCUT2D eigenvalue weighted by Crippen LogP contribution is -2.29. The van der Waals surface area contributed by atoms with Gasteiger partial charge >= 0.3 is 5.97 Å². The first-order chi connectivity index (χ1) is 14.5. The summed E-state index contributed by atoms with van der Waals surface area (Å²) in [7, 11) is 0. The van der Waals surface area contributed by atoms with Crippen molar-refractivity contribution in [2.45, 2.75) is 6.92 Å². The number of carbonyl (C=O) groups excluding carboxylic acids is 4. The second-order valence-corrected chi connectivity index (χ2v) is 6.91. The zero-order valence-electron chi connectivity index (χ0n) is 16.1. The molecule has 0 radical (unpaired) electrons. The van der Waals surface area contributed by atoms with Crippen LogP contribution in [0, 0.1) is 6.92 Å². The molecule has 0 N–H and O–H groups in total. The zero-order chi connectivity index (χ0) is 21.3. The molecule has 1 aliphatic rings. The van der Waals surface area contributed by atoms with Gasteiger partial charge in [0.25, 0.3) is 11.8 Å². The molecule has 6 heteroatoms. The van der Waals surface area contributed by atoms with Gasteiger partial charge in [-0.15, -0.1) is 0 Å². The summed E-state index contributed by atoms with van der Waals surface area (Å²) in [6.45, 7) is 1.49. The Morgan fingerprint density at radius 1 is 0.800 bits per heavy atom. The summed E-state index contributed by atoms with van der Waals surface area (Å²) >= 11 is 0. The molecular formula is C24H17NO5. The van der Waals surface area contributed by atoms with Crippen LogP contribution in [0.2, 0.25) is 0 Å². The maximum Gasteiger partial charge on any atom is 0.338 e. The molecule has 1 heterocycles. The predicted octanol–water partition coefficient (Wildman–Crippen LogP) is 3.84. The van der Waals surface area contributed by atoms with Gasteiger partial charge in [-0.05, 0) is 37.3 Å². The Hall–Kier alpha value is -4.06. The predicted molar refractivity (Wildman–Crippen MR) is 110 cm³/mol. The lowest BCUT2D eigenvalue weighted by Gasteiger charge is -2.13. The third-order valence-electron chi connectivity index (χ3n) is 4.84. The molecular weight excluding hydrogens is 382 g/mol. The average molecular weight is 399 g/mol. The van der Waals surface area contributed by atoms with E-state index in [1.54, 1.807) is 42.5 Å². The summed E-state index contributed by atoms with van der Waals surface area (Å²) in [5.74, 6) is -2.02. The molecule has 0 unspecified atom stereocenters. The number of anilines is 1. The van der Waals surface area contributed by atoms with E-state index in [1.807, 2.05) is 19.1 Å². The van der Waals surface area contributed by atoms with Crippen molar-refractivity contribution in [1.29, 1.82) is 0 Å². The van der Waals surface area contributed by atoms with Crippen LogP contribution in [0.4, 0.5) is 5.69 Å². The molecule has 0 spiro atoms. The fraction of sp³-hybridized carbons (Fsp3) is 0.0833. The standard InChI is InChI=1S/C24H17NO5/c1-15-7-10-18(11-8-15)25-22(27)19-12-9-17(13-20(19)23(25)28)24(29)30-14-21(26)16-5-3-2-4-6-16/h2-13H,14H2,1H3. The van der Waals surface area contributed by atoms with Crippen LogP contribution in [0.1, 0.15) is 47.0 Å². The zero-order valence-corrected chi connectivity index (χ0v) is 16.1. The number of hydrogen-bond donors (Lipinski definition) is 0. The van der Waals surface area contributed by atoms with Crippen LogP contribution in [0.3, 0.4) is 0 Å². The molecule has 0 saturated heterocycles. The minimum Gasteiger partial charge on any atom is -0.454 e. The molecule has 1 aliphatic heterocycles. The Labute approximate surface area is 172 Å². The maximum atomic E-state index is 12.8. The molecule has 0 fully saturated rings. The van der Waals surface area contributed by atoms with E-state index in [0.717, 1.165) is 10.5 Å². The van der Waals surface area contributed by atoms with E-state index < -0.39 is 24.4 Å². The highest BCUT2D eigenvalue weighted by Crippen LogP contribution is 2.29. The van der Waals surface area contributed by atoms with Crippen LogP contribution in [0.5, 0.6) is 0 Å². The Morgan fingerprint density at radius 2 is 1.47 bits per heavy atom. The maximum absolute atomic E-state index is 12.8. The van der Waals surface area contributed by atoms with Crippen LogP contribution >= 0.6 is 0 Å². The number of ketones is 1. The molecule has 4 rings (SSSR count). The Kier molecular flexibility index (Phi) is 4.98. The number of fused-ring (bicyclic) bond motifs is 1. The first-order valence-electron chi connectivity index (χ1n) is 9.30. The van der Waals surface area contributed by atoms with E-state index in [9.17, 15) is 19.2 Å². The van der Waals surface area contributed by atoms with Crippen molar-refractivity contribution >= 4 is 29.3 Å². The van der Waals surface area contributed by atoms with Gasteiger partial charge in [0.05, 0.1) is 22.4 Å². The summed E-state index contributed by atoms with van der Waals surface area (Å²) in [5.41, 5.74) is 2.35. The first-order valence-corrected chi connectivity index (χ1v) is 9.30. The van der Waals surface area contributed by atoms with E-state index in [2.05, 4.69) is 0 Å². The monoisotopic (exact) mass is 399 g/mol. The van der Waals surface area contributed by atoms with E-state index in [0.29, 0.717) is 11.3 Å². The van der Waals surface area contributed by atoms with Gasteiger partial charge in [-0.25, -0.2) is 9.69 Å². The fourth-order valence-electron chi connectivity index (χ4n) is 3.22. The molecule has 148 valence electrons. The van der Waals surface area contributed by atoms with Crippen LogP contribution in [0.25, 0.3) is 0 Å². The van der Waals surface area contributed by atoms with Gasteiger partial charge < -0.3 is 4.74 Å². The molecule has 0 saturated carbocycles. The highest BCUT2D eigenvalue weighted by molar-refractivity contribution is 6.34. The van der Waals surface area contributed by atoms with Gasteiger partial charge in [-0.2, -0.15) is 0 Å². The Balaban J connectivity index is 1.52. The number of aryl methyl sites for hydroxylation is 1. The molecule has 0 bridgehead atoms. The molecule has 30 heavy (non-hydrogen) atoms. The van der Waals surface area contributed by atoms with Crippen molar-refractivity contribution in [2.24, 2.45) is 0 Å². The number of imide groups is 1. The smallest absolute Gasteiger partial charge is 0.338 e. The summed E-state index contributed by atoms with van der Waals surface area (Å²) in [6, 6.07) is 19.7. The second-order valence-electron chi connectivity index (χ2n) is 6.91. The van der Waals surface area contributed by atoms with Crippen LogP contribution < -0.4 is 4.90 Å². The molecule has 3 aromatic carbocycles. The minimum atomic E-state index is -0.740. The van der Waals surface area contributed by atoms with E-state index >= 15 is 0 Å². The SMILES string of the molecule is Cc1ccc(N2C(=O)c3ccc(C(=O)OCC(=O)c4ccccc4)cc3C2=O)cc1. The van der Waals surface area contributed by atoms with E-state index in [-0.39, 0.29) is 22.5 Å². The topological polar surface area (TPSA) is 80.8 Å². The molecule has 6 nitrogen and oxygen atoms in total. The number of amides is 2. The lowest BCUT2D eigenvalue weighted by molar-refractivity contribution is 0.0474. The number of hydrogen-bond acceptors (Lipinski definition) is 5. The fourth-order valence-corrected chi connectivity index (χ4v) is 3.22. The van der Waals surface area contributed by atoms with Gasteiger partial charge in [0.15, 0.2) is 12.4 Å². The quantitative estimate of drug-likeness (QED) is 0.370. The third kappa shape index (κ3) is 3.51. The largest absolute Gasteiger partial charge is 0.454 e. The third-order valence-corrected chi connectivity index (χ3v) is 4.84. The van der Waals surface area contributed by atoms with Gasteiger partial charge in [-0.1, -0.05) is 48.0 Å². The Bertz CT molecular complexity index is 1170. The normalized spacial score (nSPS) is 12.6. The molecule has 2 amide bonds. The highest BCUT2D eigenvalue weighted by Gasteiger charge is 2.37. The Morgan fingerprint density at radius 3 is 2.17 bits per heavy atom. The van der Waals surface area contributed by atoms with Crippen LogP contribution in [-0.2, 0) is 4.74 Å². The minimum absolute atomic E-state index is 0.0986. The number of carbonyl (C=O) groups is 4. The summed E-state index contributed by atoms with van der Waals surface area (Å²) in [5, 5.41) is 0. The van der Waals surface area contributed by atoms with Gasteiger partial charge in [0.1, 0.15) is 0 Å². The molecule has 0 aromatic heterocycles. The van der Waals surface area contributed by atoms with Crippen molar-refractivity contribution < 1.29 is 23.9 Å².